The minimum absolute atomic E-state index is 0.190. The number of rotatable bonds is 3. The summed E-state index contributed by atoms with van der Waals surface area (Å²) in [6.45, 7) is 0. The molecule has 6 heteroatoms. The first-order valence-electron chi connectivity index (χ1n) is 6.92. The molecule has 3 rings (SSSR count). The van der Waals surface area contributed by atoms with E-state index in [1.807, 2.05) is 0 Å². The summed E-state index contributed by atoms with van der Waals surface area (Å²) in [5, 5.41) is 0. The molecule has 0 saturated heterocycles. The summed E-state index contributed by atoms with van der Waals surface area (Å²) in [5.41, 5.74) is 1.71. The molecule has 0 atom stereocenters. The second-order valence-corrected chi connectivity index (χ2v) is 5.37. The van der Waals surface area contributed by atoms with E-state index in [4.69, 9.17) is 11.6 Å². The first kappa shape index (κ1) is 14.9. The molecule has 0 N–H and O–H groups in total. The third-order valence-electron chi connectivity index (χ3n) is 3.71. The predicted octanol–water partition coefficient (Wildman–Crippen LogP) is 3.75. The van der Waals surface area contributed by atoms with E-state index in [-0.39, 0.29) is 5.82 Å². The molecule has 0 radical (unpaired) electrons. The molecule has 3 nitrogen and oxygen atoms in total. The number of pyridine rings is 1. The van der Waals surface area contributed by atoms with Crippen LogP contribution in [0, 0.1) is 11.6 Å². The Morgan fingerprint density at radius 1 is 1.23 bits per heavy atom. The van der Waals surface area contributed by atoms with Crippen molar-refractivity contribution in [1.29, 1.82) is 0 Å². The third-order valence-corrected chi connectivity index (χ3v) is 3.94. The molecule has 114 valence electrons. The molecule has 2 aromatic rings. The fourth-order valence-corrected chi connectivity index (χ4v) is 2.81. The van der Waals surface area contributed by atoms with E-state index in [0.29, 0.717) is 0 Å². The van der Waals surface area contributed by atoms with Gasteiger partial charge in [0.1, 0.15) is 29.0 Å². The summed E-state index contributed by atoms with van der Waals surface area (Å²) < 4.78 is 28.1. The number of halogens is 3. The van der Waals surface area contributed by atoms with Gasteiger partial charge in [0.15, 0.2) is 0 Å². The average molecular weight is 323 g/mol. The van der Waals surface area contributed by atoms with Gasteiger partial charge in [0.05, 0.1) is 0 Å². The summed E-state index contributed by atoms with van der Waals surface area (Å²) in [6.07, 6.45) is 4.47. The van der Waals surface area contributed by atoms with Gasteiger partial charge in [-0.3, -0.25) is 9.69 Å². The van der Waals surface area contributed by atoms with Crippen LogP contribution in [0.3, 0.4) is 0 Å². The molecule has 1 aliphatic carbocycles. The molecule has 1 amide bonds. The molecular formula is C16H13ClF2N2O. The van der Waals surface area contributed by atoms with Crippen molar-refractivity contribution >= 4 is 29.0 Å². The number of carbonyl (C=O) groups is 1. The monoisotopic (exact) mass is 322 g/mol. The maximum Gasteiger partial charge on any atom is 0.247 e. The number of benzene rings is 1. The van der Waals surface area contributed by atoms with Crippen LogP contribution in [0.1, 0.15) is 17.5 Å². The van der Waals surface area contributed by atoms with E-state index in [1.165, 1.54) is 6.07 Å². The molecule has 0 bridgehead atoms. The highest BCUT2D eigenvalue weighted by molar-refractivity contribution is 6.30. The van der Waals surface area contributed by atoms with Gasteiger partial charge in [-0.05, 0) is 48.6 Å². The first-order chi connectivity index (χ1) is 10.6. The Morgan fingerprint density at radius 3 is 2.59 bits per heavy atom. The maximum absolute atomic E-state index is 14.1. The van der Waals surface area contributed by atoms with Crippen LogP contribution in [-0.4, -0.2) is 16.8 Å². The molecule has 0 saturated carbocycles. The molecule has 1 heterocycles. The molecule has 0 fully saturated rings. The minimum Gasteiger partial charge on any atom is -0.273 e. The first-order valence-corrected chi connectivity index (χ1v) is 7.46. The van der Waals surface area contributed by atoms with Crippen LogP contribution in [-0.2, 0) is 17.6 Å². The Kier molecular flexibility index (Phi) is 4.07. The van der Waals surface area contributed by atoms with Gasteiger partial charge in [-0.2, -0.15) is 0 Å². The normalized spacial score (nSPS) is 13.0. The summed E-state index contributed by atoms with van der Waals surface area (Å²) in [7, 11) is 0. The van der Waals surface area contributed by atoms with E-state index in [0.717, 1.165) is 47.4 Å². The van der Waals surface area contributed by atoms with Crippen molar-refractivity contribution in [2.24, 2.45) is 0 Å². The fourth-order valence-electron chi connectivity index (χ4n) is 2.69. The minimum atomic E-state index is -0.833. The zero-order valence-electron chi connectivity index (χ0n) is 11.7. The summed E-state index contributed by atoms with van der Waals surface area (Å²) in [6, 6.07) is 5.15. The van der Waals surface area contributed by atoms with Crippen LogP contribution in [0.5, 0.6) is 0 Å². The van der Waals surface area contributed by atoms with Crippen molar-refractivity contribution < 1.29 is 13.6 Å². The van der Waals surface area contributed by atoms with E-state index >= 15 is 0 Å². The molecule has 22 heavy (non-hydrogen) atoms. The van der Waals surface area contributed by atoms with Gasteiger partial charge in [-0.25, -0.2) is 13.8 Å². The zero-order valence-corrected chi connectivity index (χ0v) is 12.4. The summed E-state index contributed by atoms with van der Waals surface area (Å²) in [4.78, 5) is 17.2. The number of carbonyl (C=O) groups excluding carboxylic acids is 1. The van der Waals surface area contributed by atoms with Crippen molar-refractivity contribution in [3.8, 4) is 0 Å². The van der Waals surface area contributed by atoms with Crippen molar-refractivity contribution in [2.75, 3.05) is 10.8 Å². The van der Waals surface area contributed by atoms with Gasteiger partial charge >= 0.3 is 0 Å². The van der Waals surface area contributed by atoms with Crippen molar-refractivity contribution in [1.82, 2.24) is 4.98 Å². The van der Waals surface area contributed by atoms with Gasteiger partial charge in [-0.1, -0.05) is 6.07 Å². The highest BCUT2D eigenvalue weighted by Gasteiger charge is 2.26. The summed E-state index contributed by atoms with van der Waals surface area (Å²) in [5.74, 6) is -2.50. The smallest absolute Gasteiger partial charge is 0.247 e. The second-order valence-electron chi connectivity index (χ2n) is 5.10. The number of hydrogen-bond acceptors (Lipinski definition) is 2. The number of aromatic nitrogens is 1. The molecule has 1 aromatic carbocycles. The van der Waals surface area contributed by atoms with Crippen LogP contribution in [0.25, 0.3) is 0 Å². The van der Waals surface area contributed by atoms with E-state index in [1.54, 1.807) is 12.3 Å². The van der Waals surface area contributed by atoms with Gasteiger partial charge in [0.2, 0.25) is 5.91 Å². The fraction of sp³-hybridized carbons (Fsp3) is 0.250. The summed E-state index contributed by atoms with van der Waals surface area (Å²) >= 11 is 5.60. The highest BCUT2D eigenvalue weighted by Crippen LogP contribution is 2.32. The van der Waals surface area contributed by atoms with Crippen LogP contribution in [0.2, 0.25) is 0 Å². The molecular weight excluding hydrogens is 310 g/mol. The number of aryl methyl sites for hydroxylation is 2. The number of alkyl halides is 1. The van der Waals surface area contributed by atoms with Crippen LogP contribution >= 0.6 is 11.6 Å². The number of amides is 1. The third kappa shape index (κ3) is 2.57. The number of anilines is 2. The topological polar surface area (TPSA) is 33.2 Å². The molecule has 0 aliphatic heterocycles. The zero-order chi connectivity index (χ0) is 15.7. The molecule has 1 aromatic heterocycles. The average Bonchev–Trinajstić information content (AvgIpc) is 2.98. The lowest BCUT2D eigenvalue weighted by Gasteiger charge is -2.22. The Bertz CT molecular complexity index is 716. The van der Waals surface area contributed by atoms with Crippen molar-refractivity contribution in [3.05, 3.63) is 53.2 Å². The van der Waals surface area contributed by atoms with Crippen LogP contribution < -0.4 is 4.90 Å². The van der Waals surface area contributed by atoms with Crippen LogP contribution in [0.4, 0.5) is 20.3 Å². The number of para-hydroxylation sites is 1. The standard InChI is InChI=1S/C16H13ClF2N2O/c17-8-15(22)21(16-12(18)5-2-6-13(16)19)14-7-10-3-1-4-11(10)9-20-14/h2,5-7,9H,1,3-4,8H2. The molecule has 1 aliphatic rings. The SMILES string of the molecule is O=C(CCl)N(c1cc2c(cn1)CCC2)c1c(F)cccc1F. The molecule has 0 spiro atoms. The number of hydrogen-bond donors (Lipinski definition) is 0. The Labute approximate surface area is 131 Å². The largest absolute Gasteiger partial charge is 0.273 e. The lowest BCUT2D eigenvalue weighted by molar-refractivity contribution is -0.115. The van der Waals surface area contributed by atoms with E-state index < -0.39 is 29.1 Å². The maximum atomic E-state index is 14.1. The van der Waals surface area contributed by atoms with Gasteiger partial charge in [0.25, 0.3) is 0 Å². The van der Waals surface area contributed by atoms with E-state index in [2.05, 4.69) is 4.98 Å². The number of nitrogens with zero attached hydrogens (tertiary/aromatic N) is 2. The lowest BCUT2D eigenvalue weighted by atomic mass is 10.1. The lowest BCUT2D eigenvalue weighted by Crippen LogP contribution is -2.29. The Hall–Kier alpha value is -2.01. The van der Waals surface area contributed by atoms with E-state index in [9.17, 15) is 13.6 Å². The Balaban J connectivity index is 2.13. The highest BCUT2D eigenvalue weighted by atomic mass is 35.5. The second kappa shape index (κ2) is 6.01. The quantitative estimate of drug-likeness (QED) is 0.806. The van der Waals surface area contributed by atoms with Gasteiger partial charge in [-0.15, -0.1) is 11.6 Å². The predicted molar refractivity (Wildman–Crippen MR) is 80.5 cm³/mol. The molecule has 0 unspecified atom stereocenters. The Morgan fingerprint density at radius 2 is 1.91 bits per heavy atom. The number of fused-ring (bicyclic) bond motifs is 1. The van der Waals surface area contributed by atoms with Gasteiger partial charge < -0.3 is 0 Å². The van der Waals surface area contributed by atoms with Crippen molar-refractivity contribution in [3.63, 3.8) is 0 Å². The van der Waals surface area contributed by atoms with Crippen LogP contribution in [0.15, 0.2) is 30.5 Å². The van der Waals surface area contributed by atoms with Crippen molar-refractivity contribution in [2.45, 2.75) is 19.3 Å². The van der Waals surface area contributed by atoms with Gasteiger partial charge in [0, 0.05) is 6.20 Å².